The van der Waals surface area contributed by atoms with Gasteiger partial charge in [-0.3, -0.25) is 10.1 Å². The van der Waals surface area contributed by atoms with Crippen LogP contribution in [0.5, 0.6) is 0 Å². The predicted molar refractivity (Wildman–Crippen MR) is 139 cm³/mol. The van der Waals surface area contributed by atoms with Crippen molar-refractivity contribution in [1.82, 2.24) is 39.7 Å². The van der Waals surface area contributed by atoms with Crippen molar-refractivity contribution in [3.8, 4) is 28.1 Å². The monoisotopic (exact) mass is 529 g/mol. The van der Waals surface area contributed by atoms with Crippen LogP contribution in [0.15, 0.2) is 59.8 Å². The summed E-state index contributed by atoms with van der Waals surface area (Å²) in [5.41, 5.74) is 5.08. The summed E-state index contributed by atoms with van der Waals surface area (Å²) in [6.07, 6.45) is 3.42. The molecule has 4 aromatic heterocycles. The number of rotatable bonds is 5. The van der Waals surface area contributed by atoms with Gasteiger partial charge >= 0.3 is 6.09 Å². The predicted octanol–water partition coefficient (Wildman–Crippen LogP) is 3.86. The fourth-order valence-electron chi connectivity index (χ4n) is 4.89. The third kappa shape index (κ3) is 4.20. The SMILES string of the molecule is Cc1nc(NC(=O)O)ccc1-c1cnc([C@@H]2CCc3cc(-c4cc(Cl)ccc4-n4cnnn4)cc(=O)n32)[nH]1. The Morgan fingerprint density at radius 3 is 2.82 bits per heavy atom. The molecule has 5 heterocycles. The van der Waals surface area contributed by atoms with Gasteiger partial charge in [0.2, 0.25) is 0 Å². The Morgan fingerprint density at radius 2 is 2.05 bits per heavy atom. The molecule has 0 aliphatic carbocycles. The van der Waals surface area contributed by atoms with Gasteiger partial charge in [0.25, 0.3) is 5.56 Å². The maximum Gasteiger partial charge on any atom is 0.410 e. The van der Waals surface area contributed by atoms with Gasteiger partial charge in [0.15, 0.2) is 0 Å². The number of fused-ring (bicyclic) bond motifs is 1. The molecule has 6 rings (SSSR count). The lowest BCUT2D eigenvalue weighted by atomic mass is 10.0. The topological polar surface area (TPSA) is 156 Å². The Balaban J connectivity index is 1.34. The molecular weight excluding hydrogens is 510 g/mol. The van der Waals surface area contributed by atoms with E-state index in [1.807, 2.05) is 12.1 Å². The highest BCUT2D eigenvalue weighted by atomic mass is 35.5. The number of amides is 1. The largest absolute Gasteiger partial charge is 0.465 e. The van der Waals surface area contributed by atoms with Crippen LogP contribution in [0.4, 0.5) is 10.6 Å². The number of hydrogen-bond acceptors (Lipinski definition) is 7. The normalized spacial score (nSPS) is 14.4. The minimum Gasteiger partial charge on any atom is -0.465 e. The van der Waals surface area contributed by atoms with E-state index in [0.29, 0.717) is 35.1 Å². The molecule has 1 aliphatic rings. The number of aromatic nitrogens is 8. The van der Waals surface area contributed by atoms with Crippen molar-refractivity contribution in [3.63, 3.8) is 0 Å². The molecule has 0 bridgehead atoms. The molecule has 1 aliphatic heterocycles. The molecule has 1 amide bonds. The number of imidazole rings is 1. The maximum atomic E-state index is 13.4. The van der Waals surface area contributed by atoms with Gasteiger partial charge in [0.1, 0.15) is 18.0 Å². The summed E-state index contributed by atoms with van der Waals surface area (Å²) in [6.45, 7) is 1.79. The van der Waals surface area contributed by atoms with E-state index in [2.05, 4.69) is 35.8 Å². The number of halogens is 1. The molecule has 0 radical (unpaired) electrons. The minimum absolute atomic E-state index is 0.150. The van der Waals surface area contributed by atoms with E-state index >= 15 is 0 Å². The van der Waals surface area contributed by atoms with E-state index in [0.717, 1.165) is 28.1 Å². The number of carboxylic acid groups (broad SMARTS) is 1. The average molecular weight is 530 g/mol. The lowest BCUT2D eigenvalue weighted by Gasteiger charge is -2.15. The molecule has 5 aromatic rings. The second-order valence-electron chi connectivity index (χ2n) is 8.86. The molecule has 0 unspecified atom stereocenters. The van der Waals surface area contributed by atoms with Crippen LogP contribution in [0.3, 0.4) is 0 Å². The van der Waals surface area contributed by atoms with Crippen LogP contribution in [-0.2, 0) is 6.42 Å². The van der Waals surface area contributed by atoms with Crippen LogP contribution >= 0.6 is 11.6 Å². The highest BCUT2D eigenvalue weighted by molar-refractivity contribution is 6.31. The molecule has 0 saturated carbocycles. The molecule has 0 fully saturated rings. The third-order valence-electron chi connectivity index (χ3n) is 6.52. The second-order valence-corrected chi connectivity index (χ2v) is 9.29. The summed E-state index contributed by atoms with van der Waals surface area (Å²) in [5.74, 6) is 0.909. The first-order valence-electron chi connectivity index (χ1n) is 11.7. The van der Waals surface area contributed by atoms with Crippen molar-refractivity contribution < 1.29 is 9.90 Å². The fraction of sp³-hybridized carbons (Fsp3) is 0.160. The highest BCUT2D eigenvalue weighted by Crippen LogP contribution is 2.34. The first-order valence-corrected chi connectivity index (χ1v) is 12.1. The smallest absolute Gasteiger partial charge is 0.410 e. The lowest BCUT2D eigenvalue weighted by Crippen LogP contribution is -2.23. The Morgan fingerprint density at radius 1 is 1.18 bits per heavy atom. The van der Waals surface area contributed by atoms with Gasteiger partial charge in [-0.25, -0.2) is 14.8 Å². The van der Waals surface area contributed by atoms with Crippen molar-refractivity contribution in [2.75, 3.05) is 5.32 Å². The van der Waals surface area contributed by atoms with E-state index in [4.69, 9.17) is 16.7 Å². The summed E-state index contributed by atoms with van der Waals surface area (Å²) < 4.78 is 3.29. The van der Waals surface area contributed by atoms with Crippen LogP contribution in [0.25, 0.3) is 28.1 Å². The van der Waals surface area contributed by atoms with Gasteiger partial charge < -0.3 is 14.7 Å². The van der Waals surface area contributed by atoms with Gasteiger partial charge in [0.05, 0.1) is 23.6 Å². The van der Waals surface area contributed by atoms with E-state index in [-0.39, 0.29) is 17.4 Å². The number of nitrogens with zero attached hydrogens (tertiary/aromatic N) is 7. The van der Waals surface area contributed by atoms with Crippen LogP contribution in [0, 0.1) is 6.92 Å². The molecule has 1 atom stereocenters. The number of H-pyrrole nitrogens is 1. The lowest BCUT2D eigenvalue weighted by molar-refractivity contribution is 0.209. The number of hydrogen-bond donors (Lipinski definition) is 3. The van der Waals surface area contributed by atoms with E-state index < -0.39 is 6.09 Å². The molecule has 3 N–H and O–H groups in total. The molecule has 0 spiro atoms. The highest BCUT2D eigenvalue weighted by Gasteiger charge is 2.28. The minimum atomic E-state index is -1.18. The van der Waals surface area contributed by atoms with Gasteiger partial charge in [-0.2, -0.15) is 4.68 Å². The zero-order valence-electron chi connectivity index (χ0n) is 20.0. The van der Waals surface area contributed by atoms with Gasteiger partial charge in [0, 0.05) is 33.6 Å². The average Bonchev–Trinajstić information content (AvgIpc) is 3.64. The summed E-state index contributed by atoms with van der Waals surface area (Å²) in [6, 6.07) is 12.1. The zero-order valence-corrected chi connectivity index (χ0v) is 20.7. The Bertz CT molecular complexity index is 1740. The second kappa shape index (κ2) is 9.23. The van der Waals surface area contributed by atoms with Gasteiger partial charge in [-0.05, 0) is 72.2 Å². The summed E-state index contributed by atoms with van der Waals surface area (Å²) >= 11 is 6.29. The maximum absolute atomic E-state index is 13.4. The summed E-state index contributed by atoms with van der Waals surface area (Å²) in [7, 11) is 0. The Labute approximate surface area is 220 Å². The molecule has 38 heavy (non-hydrogen) atoms. The molecule has 1 aromatic carbocycles. The van der Waals surface area contributed by atoms with E-state index in [1.54, 1.807) is 48.0 Å². The van der Waals surface area contributed by atoms with E-state index in [9.17, 15) is 9.59 Å². The van der Waals surface area contributed by atoms with Crippen molar-refractivity contribution in [3.05, 3.63) is 87.6 Å². The molecule has 13 heteroatoms. The summed E-state index contributed by atoms with van der Waals surface area (Å²) in [4.78, 5) is 36.5. The van der Waals surface area contributed by atoms with Gasteiger partial charge in [-0.15, -0.1) is 5.10 Å². The molecule has 190 valence electrons. The van der Waals surface area contributed by atoms with Crippen LogP contribution in [0.2, 0.25) is 5.02 Å². The van der Waals surface area contributed by atoms with Crippen molar-refractivity contribution in [1.29, 1.82) is 0 Å². The number of aryl methyl sites for hydroxylation is 2. The standard InChI is InChI=1S/C25H20ClN9O3/c1-13-17(4-7-22(29-13)31-25(37)38)19-11-27-24(30-19)21-6-3-16-8-14(9-23(36)35(16)21)18-10-15(26)2-5-20(18)34-12-28-32-33-34/h2,4-5,7-12,21H,3,6H2,1H3,(H,27,30)(H,29,31)(H,37,38)/t21-/m0/s1. The number of benzene rings is 1. The first kappa shape index (κ1) is 23.6. The Kier molecular flexibility index (Phi) is 5.72. The van der Waals surface area contributed by atoms with Crippen LogP contribution in [0.1, 0.15) is 29.7 Å². The Hall–Kier alpha value is -4.84. The zero-order chi connectivity index (χ0) is 26.4. The van der Waals surface area contributed by atoms with Crippen molar-refractivity contribution in [2.24, 2.45) is 0 Å². The first-order chi connectivity index (χ1) is 18.4. The number of pyridine rings is 2. The fourth-order valence-corrected chi connectivity index (χ4v) is 5.06. The quantitative estimate of drug-likeness (QED) is 0.310. The number of tetrazole rings is 1. The van der Waals surface area contributed by atoms with Crippen molar-refractivity contribution in [2.45, 2.75) is 25.8 Å². The van der Waals surface area contributed by atoms with Crippen LogP contribution in [-0.4, -0.2) is 50.9 Å². The number of nitrogens with one attached hydrogen (secondary N) is 2. The number of aromatic amines is 1. The van der Waals surface area contributed by atoms with Gasteiger partial charge in [-0.1, -0.05) is 11.6 Å². The molecular formula is C25H20ClN9O3. The molecule has 12 nitrogen and oxygen atoms in total. The number of anilines is 1. The molecule has 0 saturated heterocycles. The van der Waals surface area contributed by atoms with Crippen LogP contribution < -0.4 is 10.9 Å². The van der Waals surface area contributed by atoms with Crippen molar-refractivity contribution >= 4 is 23.5 Å². The number of carbonyl (C=O) groups is 1. The summed E-state index contributed by atoms with van der Waals surface area (Å²) in [5, 5.41) is 23.1. The third-order valence-corrected chi connectivity index (χ3v) is 6.76. The van der Waals surface area contributed by atoms with E-state index in [1.165, 1.54) is 11.0 Å².